The summed E-state index contributed by atoms with van der Waals surface area (Å²) in [5.41, 5.74) is 7.46. The number of aliphatic imine (C=N–C) groups is 1. The summed E-state index contributed by atoms with van der Waals surface area (Å²) in [5.74, 6) is 0.633. The minimum absolute atomic E-state index is 0.633. The fourth-order valence-corrected chi connectivity index (χ4v) is 1.41. The molecular weight excluding hydrogens is 186 g/mol. The lowest BCUT2D eigenvalue weighted by atomic mass is 10.2. The Balaban J connectivity index is 2.61. The van der Waals surface area contributed by atoms with Gasteiger partial charge in [-0.3, -0.25) is 4.98 Å². The maximum Gasteiger partial charge on any atom is 0.0994 e. The van der Waals surface area contributed by atoms with Crippen LogP contribution in [0.25, 0.3) is 10.9 Å². The molecule has 0 aliphatic rings. The van der Waals surface area contributed by atoms with Crippen molar-refractivity contribution in [3.63, 3.8) is 0 Å². The summed E-state index contributed by atoms with van der Waals surface area (Å²) in [6, 6.07) is 9.84. The zero-order chi connectivity index (χ0) is 10.7. The molecule has 0 atom stereocenters. The first-order chi connectivity index (χ1) is 7.31. The van der Waals surface area contributed by atoms with E-state index in [9.17, 15) is 0 Å². The zero-order valence-corrected chi connectivity index (χ0v) is 8.64. The van der Waals surface area contributed by atoms with Crippen LogP contribution >= 0.6 is 0 Å². The third-order valence-electron chi connectivity index (χ3n) is 2.24. The Hall–Kier alpha value is -1.90. The van der Waals surface area contributed by atoms with Gasteiger partial charge in [0.15, 0.2) is 0 Å². The number of amidine groups is 1. The highest BCUT2D eigenvalue weighted by Crippen LogP contribution is 2.23. The molecule has 2 aromatic rings. The largest absolute Gasteiger partial charge is 0.387 e. The Morgan fingerprint density at radius 1 is 1.33 bits per heavy atom. The molecule has 0 fully saturated rings. The van der Waals surface area contributed by atoms with Gasteiger partial charge in [-0.05, 0) is 12.1 Å². The van der Waals surface area contributed by atoms with Gasteiger partial charge in [-0.1, -0.05) is 25.1 Å². The van der Waals surface area contributed by atoms with Crippen molar-refractivity contribution >= 4 is 22.4 Å². The van der Waals surface area contributed by atoms with Crippen LogP contribution in [-0.2, 0) is 0 Å². The molecular formula is C12H13N3. The van der Waals surface area contributed by atoms with Crippen molar-refractivity contribution in [2.24, 2.45) is 10.7 Å². The second kappa shape index (κ2) is 4.09. The first kappa shape index (κ1) is 9.65. The fraction of sp³-hybridized carbons (Fsp3) is 0.167. The van der Waals surface area contributed by atoms with E-state index in [0.717, 1.165) is 23.0 Å². The Labute approximate surface area is 88.7 Å². The predicted molar refractivity (Wildman–Crippen MR) is 63.3 cm³/mol. The molecule has 0 spiro atoms. The monoisotopic (exact) mass is 199 g/mol. The lowest BCUT2D eigenvalue weighted by Gasteiger charge is -2.01. The summed E-state index contributed by atoms with van der Waals surface area (Å²) >= 11 is 0. The highest BCUT2D eigenvalue weighted by molar-refractivity contribution is 5.92. The molecule has 0 radical (unpaired) electrons. The van der Waals surface area contributed by atoms with Crippen molar-refractivity contribution in [3.8, 4) is 0 Å². The number of hydrogen-bond donors (Lipinski definition) is 1. The summed E-state index contributed by atoms with van der Waals surface area (Å²) in [6.07, 6.45) is 2.52. The van der Waals surface area contributed by atoms with Crippen molar-refractivity contribution in [3.05, 3.63) is 36.5 Å². The zero-order valence-electron chi connectivity index (χ0n) is 8.64. The van der Waals surface area contributed by atoms with Crippen LogP contribution in [0.3, 0.4) is 0 Å². The number of nitrogens with two attached hydrogens (primary N) is 1. The molecule has 0 unspecified atom stereocenters. The average Bonchev–Trinajstić information content (AvgIpc) is 2.29. The summed E-state index contributed by atoms with van der Waals surface area (Å²) in [7, 11) is 0. The van der Waals surface area contributed by atoms with Gasteiger partial charge in [0.1, 0.15) is 0 Å². The predicted octanol–water partition coefficient (Wildman–Crippen LogP) is 2.63. The number of nitrogens with zero attached hydrogens (tertiary/aromatic N) is 2. The van der Waals surface area contributed by atoms with Gasteiger partial charge in [-0.2, -0.15) is 0 Å². The minimum atomic E-state index is 0.633. The highest BCUT2D eigenvalue weighted by Gasteiger charge is 1.99. The van der Waals surface area contributed by atoms with Crippen molar-refractivity contribution in [1.82, 2.24) is 4.98 Å². The van der Waals surface area contributed by atoms with E-state index in [1.54, 1.807) is 6.20 Å². The van der Waals surface area contributed by atoms with Crippen LogP contribution in [0.15, 0.2) is 41.5 Å². The molecule has 1 heterocycles. The SMILES string of the molecule is CCC(N)=Nc1cccc2cccnc12. The first-order valence-electron chi connectivity index (χ1n) is 4.98. The topological polar surface area (TPSA) is 51.3 Å². The molecule has 0 saturated carbocycles. The maximum atomic E-state index is 5.72. The molecule has 0 amide bonds. The lowest BCUT2D eigenvalue weighted by molar-refractivity contribution is 1.24. The Morgan fingerprint density at radius 2 is 2.13 bits per heavy atom. The van der Waals surface area contributed by atoms with Crippen molar-refractivity contribution in [1.29, 1.82) is 0 Å². The van der Waals surface area contributed by atoms with E-state index >= 15 is 0 Å². The van der Waals surface area contributed by atoms with Crippen LogP contribution in [0.4, 0.5) is 5.69 Å². The second-order valence-corrected chi connectivity index (χ2v) is 3.31. The number of para-hydroxylation sites is 1. The highest BCUT2D eigenvalue weighted by atomic mass is 14.9. The van der Waals surface area contributed by atoms with Crippen molar-refractivity contribution < 1.29 is 0 Å². The molecule has 1 aromatic heterocycles. The molecule has 0 bridgehead atoms. The summed E-state index contributed by atoms with van der Waals surface area (Å²) < 4.78 is 0. The van der Waals surface area contributed by atoms with Crippen LogP contribution < -0.4 is 5.73 Å². The van der Waals surface area contributed by atoms with E-state index in [0.29, 0.717) is 5.84 Å². The molecule has 2 N–H and O–H groups in total. The summed E-state index contributed by atoms with van der Waals surface area (Å²) in [4.78, 5) is 8.64. The van der Waals surface area contributed by atoms with Crippen LogP contribution in [-0.4, -0.2) is 10.8 Å². The molecule has 0 aliphatic heterocycles. The second-order valence-electron chi connectivity index (χ2n) is 3.31. The number of benzene rings is 1. The lowest BCUT2D eigenvalue weighted by Crippen LogP contribution is -2.08. The molecule has 1 aromatic carbocycles. The number of fused-ring (bicyclic) bond motifs is 1. The molecule has 2 rings (SSSR count). The molecule has 3 nitrogen and oxygen atoms in total. The number of rotatable bonds is 2. The molecule has 15 heavy (non-hydrogen) atoms. The minimum Gasteiger partial charge on any atom is -0.387 e. The summed E-state index contributed by atoms with van der Waals surface area (Å²) in [6.45, 7) is 1.98. The van der Waals surface area contributed by atoms with Crippen LogP contribution in [0, 0.1) is 0 Å². The van der Waals surface area contributed by atoms with E-state index in [1.807, 2.05) is 37.3 Å². The summed E-state index contributed by atoms with van der Waals surface area (Å²) in [5, 5.41) is 1.09. The fourth-order valence-electron chi connectivity index (χ4n) is 1.41. The van der Waals surface area contributed by atoms with Crippen molar-refractivity contribution in [2.75, 3.05) is 0 Å². The number of hydrogen-bond acceptors (Lipinski definition) is 2. The van der Waals surface area contributed by atoms with E-state index in [1.165, 1.54) is 0 Å². The normalized spacial score (nSPS) is 11.9. The van der Waals surface area contributed by atoms with Gasteiger partial charge in [0.25, 0.3) is 0 Å². The number of pyridine rings is 1. The van der Waals surface area contributed by atoms with E-state index in [-0.39, 0.29) is 0 Å². The van der Waals surface area contributed by atoms with Gasteiger partial charge >= 0.3 is 0 Å². The van der Waals surface area contributed by atoms with Gasteiger partial charge in [0, 0.05) is 18.0 Å². The smallest absolute Gasteiger partial charge is 0.0994 e. The van der Waals surface area contributed by atoms with Crippen LogP contribution in [0.5, 0.6) is 0 Å². The average molecular weight is 199 g/mol. The van der Waals surface area contributed by atoms with Crippen LogP contribution in [0.1, 0.15) is 13.3 Å². The molecule has 0 aliphatic carbocycles. The third-order valence-corrected chi connectivity index (χ3v) is 2.24. The maximum absolute atomic E-state index is 5.72. The quantitative estimate of drug-likeness (QED) is 0.597. The van der Waals surface area contributed by atoms with Crippen molar-refractivity contribution in [2.45, 2.75) is 13.3 Å². The van der Waals surface area contributed by atoms with E-state index < -0.39 is 0 Å². The Kier molecular flexibility index (Phi) is 2.63. The van der Waals surface area contributed by atoms with Gasteiger partial charge in [0.05, 0.1) is 17.0 Å². The van der Waals surface area contributed by atoms with Gasteiger partial charge in [-0.25, -0.2) is 4.99 Å². The molecule has 3 heteroatoms. The Bertz CT molecular complexity index is 498. The van der Waals surface area contributed by atoms with Gasteiger partial charge < -0.3 is 5.73 Å². The molecule has 0 saturated heterocycles. The van der Waals surface area contributed by atoms with Gasteiger partial charge in [-0.15, -0.1) is 0 Å². The Morgan fingerprint density at radius 3 is 2.93 bits per heavy atom. The van der Waals surface area contributed by atoms with Crippen LogP contribution in [0.2, 0.25) is 0 Å². The van der Waals surface area contributed by atoms with Gasteiger partial charge in [0.2, 0.25) is 0 Å². The third kappa shape index (κ3) is 1.96. The first-order valence-corrected chi connectivity index (χ1v) is 4.98. The molecule has 76 valence electrons. The van der Waals surface area contributed by atoms with E-state index in [2.05, 4.69) is 9.98 Å². The standard InChI is InChI=1S/C12H13N3/c1-2-11(13)15-10-7-3-5-9-6-4-8-14-12(9)10/h3-8H,2H2,1H3,(H2,13,15). The number of aromatic nitrogens is 1. The van der Waals surface area contributed by atoms with E-state index in [4.69, 9.17) is 5.73 Å².